The minimum atomic E-state index is -0.103. The quantitative estimate of drug-likeness (QED) is 0.261. The van der Waals surface area contributed by atoms with Gasteiger partial charge >= 0.3 is 0 Å². The summed E-state index contributed by atoms with van der Waals surface area (Å²) in [5.41, 5.74) is 11.3. The van der Waals surface area contributed by atoms with Gasteiger partial charge in [-0.2, -0.15) is 0 Å². The fraction of sp³-hybridized carbons (Fsp3) is 0.185. The first-order chi connectivity index (χ1) is 17.0. The molecule has 8 heteroatoms. The van der Waals surface area contributed by atoms with E-state index in [1.165, 1.54) is 0 Å². The monoisotopic (exact) mass is 524 g/mol. The normalized spacial score (nSPS) is 10.9. The second kappa shape index (κ2) is 11.7. The van der Waals surface area contributed by atoms with Crippen LogP contribution in [-0.2, 0) is 19.6 Å². The number of amides is 1. The Balaban J connectivity index is 1.38. The molecule has 0 atom stereocenters. The SMILES string of the molecule is CCN(Cc1ccc(C(=O)NCc2cccc(CN)c2)cc1)c1nc(-c2ccc(Cl)c(Cl)c2)cs1. The number of carbonyl (C=O) groups is 1. The van der Waals surface area contributed by atoms with Gasteiger partial charge in [-0.3, -0.25) is 4.79 Å². The molecule has 0 bridgehead atoms. The summed E-state index contributed by atoms with van der Waals surface area (Å²) >= 11 is 13.8. The molecule has 5 nitrogen and oxygen atoms in total. The maximum atomic E-state index is 12.6. The first-order valence-corrected chi connectivity index (χ1v) is 12.9. The molecule has 0 fully saturated rings. The molecule has 0 spiro atoms. The van der Waals surface area contributed by atoms with Gasteiger partial charge in [-0.25, -0.2) is 4.98 Å². The molecule has 0 radical (unpaired) electrons. The maximum Gasteiger partial charge on any atom is 0.251 e. The van der Waals surface area contributed by atoms with Crippen molar-refractivity contribution in [2.75, 3.05) is 11.4 Å². The van der Waals surface area contributed by atoms with E-state index in [2.05, 4.69) is 17.1 Å². The van der Waals surface area contributed by atoms with Gasteiger partial charge in [-0.1, -0.05) is 65.7 Å². The fourth-order valence-electron chi connectivity index (χ4n) is 3.65. The average molecular weight is 526 g/mol. The van der Waals surface area contributed by atoms with Crippen LogP contribution in [0.15, 0.2) is 72.1 Å². The summed E-state index contributed by atoms with van der Waals surface area (Å²) in [5.74, 6) is -0.103. The van der Waals surface area contributed by atoms with Crippen LogP contribution in [0.5, 0.6) is 0 Å². The number of nitrogens with zero attached hydrogens (tertiary/aromatic N) is 2. The van der Waals surface area contributed by atoms with E-state index in [1.807, 2.05) is 66.0 Å². The number of rotatable bonds is 9. The zero-order valence-electron chi connectivity index (χ0n) is 19.3. The standard InChI is InChI=1S/C27H26Cl2N4OS/c1-2-33(27-32-25(17-35-27)22-10-11-23(28)24(29)13-22)16-18-6-8-21(9-7-18)26(34)31-15-20-5-3-4-19(12-20)14-30/h3-13,17H,2,14-16,30H2,1H3,(H,31,34). The molecule has 180 valence electrons. The molecule has 3 N–H and O–H groups in total. The van der Waals surface area contributed by atoms with Crippen LogP contribution in [0.25, 0.3) is 11.3 Å². The Morgan fingerprint density at radius 2 is 1.77 bits per heavy atom. The molecule has 0 aliphatic carbocycles. The molecule has 0 aliphatic rings. The summed E-state index contributed by atoms with van der Waals surface area (Å²) in [4.78, 5) is 19.6. The number of benzene rings is 3. The van der Waals surface area contributed by atoms with Gasteiger partial charge in [0.1, 0.15) is 0 Å². The second-order valence-electron chi connectivity index (χ2n) is 8.06. The number of nitrogens with one attached hydrogen (secondary N) is 1. The van der Waals surface area contributed by atoms with Crippen molar-refractivity contribution < 1.29 is 4.79 Å². The lowest BCUT2D eigenvalue weighted by molar-refractivity contribution is 0.0951. The number of hydrogen-bond donors (Lipinski definition) is 2. The van der Waals surface area contributed by atoms with E-state index in [-0.39, 0.29) is 5.91 Å². The van der Waals surface area contributed by atoms with Crippen molar-refractivity contribution in [1.82, 2.24) is 10.3 Å². The van der Waals surface area contributed by atoms with E-state index in [0.29, 0.717) is 35.2 Å². The zero-order valence-corrected chi connectivity index (χ0v) is 21.6. The minimum Gasteiger partial charge on any atom is -0.348 e. The molecule has 0 unspecified atom stereocenters. The van der Waals surface area contributed by atoms with Gasteiger partial charge in [0.2, 0.25) is 0 Å². The number of carbonyl (C=O) groups excluding carboxylic acids is 1. The van der Waals surface area contributed by atoms with Gasteiger partial charge in [0.05, 0.1) is 15.7 Å². The molecule has 0 saturated heterocycles. The largest absolute Gasteiger partial charge is 0.348 e. The number of hydrogen-bond acceptors (Lipinski definition) is 5. The predicted octanol–water partition coefficient (Wildman–Crippen LogP) is 6.53. The molecular formula is C27H26Cl2N4OS. The number of nitrogens with two attached hydrogens (primary N) is 1. The van der Waals surface area contributed by atoms with Crippen LogP contribution in [-0.4, -0.2) is 17.4 Å². The summed E-state index contributed by atoms with van der Waals surface area (Å²) in [7, 11) is 0. The van der Waals surface area contributed by atoms with Crippen LogP contribution >= 0.6 is 34.5 Å². The Morgan fingerprint density at radius 3 is 2.49 bits per heavy atom. The summed E-state index contributed by atoms with van der Waals surface area (Å²) in [6.45, 7) is 4.54. The number of anilines is 1. The summed E-state index contributed by atoms with van der Waals surface area (Å²) in [6, 6.07) is 21.1. The molecule has 1 aromatic heterocycles. The van der Waals surface area contributed by atoms with Gasteiger partial charge in [0, 0.05) is 42.7 Å². The molecule has 35 heavy (non-hydrogen) atoms. The van der Waals surface area contributed by atoms with E-state index in [4.69, 9.17) is 33.9 Å². The van der Waals surface area contributed by atoms with Crippen molar-refractivity contribution >= 4 is 45.6 Å². The Hall–Kier alpha value is -2.90. The Kier molecular flexibility index (Phi) is 8.42. The highest BCUT2D eigenvalue weighted by molar-refractivity contribution is 7.14. The van der Waals surface area contributed by atoms with Crippen molar-refractivity contribution in [2.24, 2.45) is 5.73 Å². The lowest BCUT2D eigenvalue weighted by Crippen LogP contribution is -2.23. The van der Waals surface area contributed by atoms with E-state index >= 15 is 0 Å². The highest BCUT2D eigenvalue weighted by Crippen LogP contribution is 2.32. The first kappa shape index (κ1) is 25.2. The average Bonchev–Trinajstić information content (AvgIpc) is 3.38. The van der Waals surface area contributed by atoms with Gasteiger partial charge in [-0.05, 0) is 47.9 Å². The minimum absolute atomic E-state index is 0.103. The third-order valence-corrected chi connectivity index (χ3v) is 7.27. The Labute approximate surface area is 219 Å². The molecule has 4 aromatic rings. The van der Waals surface area contributed by atoms with Gasteiger partial charge in [-0.15, -0.1) is 11.3 Å². The van der Waals surface area contributed by atoms with E-state index in [9.17, 15) is 4.79 Å². The third kappa shape index (κ3) is 6.41. The van der Waals surface area contributed by atoms with Gasteiger partial charge in [0.25, 0.3) is 5.91 Å². The zero-order chi connectivity index (χ0) is 24.8. The predicted molar refractivity (Wildman–Crippen MR) is 146 cm³/mol. The van der Waals surface area contributed by atoms with Crippen LogP contribution in [0.3, 0.4) is 0 Å². The molecule has 1 amide bonds. The smallest absolute Gasteiger partial charge is 0.251 e. The number of thiazole rings is 1. The Bertz CT molecular complexity index is 1310. The van der Waals surface area contributed by atoms with Crippen molar-refractivity contribution in [3.8, 4) is 11.3 Å². The summed E-state index contributed by atoms with van der Waals surface area (Å²) < 4.78 is 0. The van der Waals surface area contributed by atoms with Gasteiger partial charge in [0.15, 0.2) is 5.13 Å². The highest BCUT2D eigenvalue weighted by Gasteiger charge is 2.13. The lowest BCUT2D eigenvalue weighted by atomic mass is 10.1. The van der Waals surface area contributed by atoms with E-state index < -0.39 is 0 Å². The summed E-state index contributed by atoms with van der Waals surface area (Å²) in [6.07, 6.45) is 0. The molecule has 1 heterocycles. The topological polar surface area (TPSA) is 71.2 Å². The number of halogens is 2. The van der Waals surface area contributed by atoms with Crippen LogP contribution < -0.4 is 16.0 Å². The number of aromatic nitrogens is 1. The van der Waals surface area contributed by atoms with Crippen molar-refractivity contribution in [1.29, 1.82) is 0 Å². The third-order valence-electron chi connectivity index (χ3n) is 5.63. The molecule has 0 aliphatic heterocycles. The van der Waals surface area contributed by atoms with Crippen molar-refractivity contribution in [2.45, 2.75) is 26.6 Å². The second-order valence-corrected chi connectivity index (χ2v) is 9.71. The maximum absolute atomic E-state index is 12.6. The first-order valence-electron chi connectivity index (χ1n) is 11.3. The molecule has 4 rings (SSSR count). The highest BCUT2D eigenvalue weighted by atomic mass is 35.5. The van der Waals surface area contributed by atoms with Crippen LogP contribution in [0.4, 0.5) is 5.13 Å². The summed E-state index contributed by atoms with van der Waals surface area (Å²) in [5, 5.41) is 6.96. The van der Waals surface area contributed by atoms with Gasteiger partial charge < -0.3 is 16.0 Å². The lowest BCUT2D eigenvalue weighted by Gasteiger charge is -2.20. The molecular weight excluding hydrogens is 499 g/mol. The van der Waals surface area contributed by atoms with Crippen LogP contribution in [0, 0.1) is 0 Å². The van der Waals surface area contributed by atoms with Crippen molar-refractivity contribution in [3.05, 3.63) is 104 Å². The van der Waals surface area contributed by atoms with Crippen LogP contribution in [0.1, 0.15) is 34.0 Å². The van der Waals surface area contributed by atoms with Crippen LogP contribution in [0.2, 0.25) is 10.0 Å². The molecule has 3 aromatic carbocycles. The molecule has 0 saturated carbocycles. The van der Waals surface area contributed by atoms with E-state index in [0.717, 1.165) is 39.6 Å². The Morgan fingerprint density at radius 1 is 1.00 bits per heavy atom. The fourth-order valence-corrected chi connectivity index (χ4v) is 4.84. The van der Waals surface area contributed by atoms with E-state index in [1.54, 1.807) is 17.4 Å². The van der Waals surface area contributed by atoms with Crippen molar-refractivity contribution in [3.63, 3.8) is 0 Å².